The van der Waals surface area contributed by atoms with Crippen LogP contribution in [0.25, 0.3) is 0 Å². The number of likely N-dealkylation sites (tertiary alicyclic amines) is 2. The van der Waals surface area contributed by atoms with Crippen molar-refractivity contribution < 1.29 is 9.59 Å². The monoisotopic (exact) mass is 343 g/mol. The first kappa shape index (κ1) is 17.9. The molecule has 0 aliphatic carbocycles. The van der Waals surface area contributed by atoms with Crippen molar-refractivity contribution >= 4 is 11.8 Å². The molecule has 1 aromatic rings. The van der Waals surface area contributed by atoms with Gasteiger partial charge in [0.25, 0.3) is 5.91 Å². The van der Waals surface area contributed by atoms with E-state index < -0.39 is 0 Å². The molecule has 0 bridgehead atoms. The molecule has 2 atom stereocenters. The fourth-order valence-corrected chi connectivity index (χ4v) is 4.36. The lowest BCUT2D eigenvalue weighted by Crippen LogP contribution is -2.47. The lowest BCUT2D eigenvalue weighted by Gasteiger charge is -2.34. The van der Waals surface area contributed by atoms with Gasteiger partial charge >= 0.3 is 0 Å². The molecule has 0 saturated carbocycles. The summed E-state index contributed by atoms with van der Waals surface area (Å²) in [6, 6.07) is 8.75. The molecule has 2 unspecified atom stereocenters. The second-order valence-corrected chi connectivity index (χ2v) is 7.50. The van der Waals surface area contributed by atoms with Gasteiger partial charge in [-0.05, 0) is 49.9 Å². The van der Waals surface area contributed by atoms with Crippen LogP contribution in [0.15, 0.2) is 24.3 Å². The Hall–Kier alpha value is -1.88. The minimum Gasteiger partial charge on any atom is -0.345 e. The Balaban J connectivity index is 1.73. The zero-order chi connectivity index (χ0) is 18.0. The van der Waals surface area contributed by atoms with E-state index in [-0.39, 0.29) is 11.8 Å². The summed E-state index contributed by atoms with van der Waals surface area (Å²) in [6.45, 7) is 4.51. The van der Waals surface area contributed by atoms with Crippen molar-refractivity contribution in [2.24, 2.45) is 0 Å². The lowest BCUT2D eigenvalue weighted by molar-refractivity contribution is -0.130. The molecule has 5 nitrogen and oxygen atoms in total. The largest absolute Gasteiger partial charge is 0.345 e. The summed E-state index contributed by atoms with van der Waals surface area (Å²) in [5, 5.41) is 0. The van der Waals surface area contributed by atoms with Crippen molar-refractivity contribution in [3.05, 3.63) is 35.4 Å². The normalized spacial score (nSPS) is 23.9. The Kier molecular flexibility index (Phi) is 5.42. The van der Waals surface area contributed by atoms with Crippen molar-refractivity contribution in [1.82, 2.24) is 14.7 Å². The molecule has 25 heavy (non-hydrogen) atoms. The third-order valence-corrected chi connectivity index (χ3v) is 5.53. The minimum absolute atomic E-state index is 0.0402. The number of hydrogen-bond acceptors (Lipinski definition) is 3. The van der Waals surface area contributed by atoms with Gasteiger partial charge in [-0.15, -0.1) is 0 Å². The van der Waals surface area contributed by atoms with Gasteiger partial charge in [-0.25, -0.2) is 0 Å². The summed E-state index contributed by atoms with van der Waals surface area (Å²) >= 11 is 0. The molecule has 3 rings (SSSR count). The fourth-order valence-electron chi connectivity index (χ4n) is 4.36. The number of amides is 2. The van der Waals surface area contributed by atoms with E-state index in [2.05, 4.69) is 15.9 Å². The second kappa shape index (κ2) is 7.56. The van der Waals surface area contributed by atoms with Crippen molar-refractivity contribution in [3.63, 3.8) is 0 Å². The molecule has 0 N–H and O–H groups in total. The molecule has 2 aliphatic rings. The number of carbonyl (C=O) groups is 2. The summed E-state index contributed by atoms with van der Waals surface area (Å²) in [5.74, 6) is 0.242. The van der Waals surface area contributed by atoms with Crippen LogP contribution in [0.5, 0.6) is 0 Å². The Morgan fingerprint density at radius 1 is 1.12 bits per heavy atom. The highest BCUT2D eigenvalue weighted by molar-refractivity contribution is 5.94. The highest BCUT2D eigenvalue weighted by Gasteiger charge is 2.38. The molecule has 0 aromatic heterocycles. The van der Waals surface area contributed by atoms with Crippen LogP contribution in [0.2, 0.25) is 0 Å². The molecule has 2 amide bonds. The molecule has 136 valence electrons. The Morgan fingerprint density at radius 2 is 1.84 bits per heavy atom. The maximum atomic E-state index is 12.2. The molecule has 2 saturated heterocycles. The Morgan fingerprint density at radius 3 is 2.56 bits per heavy atom. The SMILES string of the molecule is CC(=O)N1CCCC1C1CCCN1Cc1cccc(C(=O)N(C)C)c1. The van der Waals surface area contributed by atoms with E-state index in [1.807, 2.05) is 18.2 Å². The number of nitrogens with zero attached hydrogens (tertiary/aromatic N) is 3. The number of hydrogen-bond donors (Lipinski definition) is 0. The van der Waals surface area contributed by atoms with Crippen LogP contribution >= 0.6 is 0 Å². The first-order valence-corrected chi connectivity index (χ1v) is 9.29. The second-order valence-electron chi connectivity index (χ2n) is 7.50. The van der Waals surface area contributed by atoms with Crippen molar-refractivity contribution in [2.45, 2.75) is 51.2 Å². The number of rotatable bonds is 4. The van der Waals surface area contributed by atoms with Gasteiger partial charge in [-0.1, -0.05) is 12.1 Å². The zero-order valence-electron chi connectivity index (χ0n) is 15.6. The first-order valence-electron chi connectivity index (χ1n) is 9.29. The third kappa shape index (κ3) is 3.87. The maximum Gasteiger partial charge on any atom is 0.253 e. The predicted molar refractivity (Wildman–Crippen MR) is 98.3 cm³/mol. The first-order chi connectivity index (χ1) is 12.0. The topological polar surface area (TPSA) is 43.9 Å². The Bertz CT molecular complexity index is 644. The Labute approximate surface area is 150 Å². The van der Waals surface area contributed by atoms with Crippen LogP contribution in [-0.4, -0.2) is 65.8 Å². The van der Waals surface area contributed by atoms with Crippen LogP contribution in [-0.2, 0) is 11.3 Å². The molecule has 2 aliphatic heterocycles. The van der Waals surface area contributed by atoms with Gasteiger partial charge in [-0.3, -0.25) is 14.5 Å². The van der Waals surface area contributed by atoms with E-state index in [0.717, 1.165) is 44.5 Å². The van der Waals surface area contributed by atoms with E-state index in [1.54, 1.807) is 25.9 Å². The molecular formula is C20H29N3O2. The molecule has 0 radical (unpaired) electrons. The zero-order valence-corrected chi connectivity index (χ0v) is 15.6. The standard InChI is InChI=1S/C20H29N3O2/c1-15(24)23-12-6-10-19(23)18-9-5-11-22(18)14-16-7-4-8-17(13-16)20(25)21(2)3/h4,7-8,13,18-19H,5-6,9-12,14H2,1-3H3. The van der Waals surface area contributed by atoms with E-state index in [9.17, 15) is 9.59 Å². The number of benzene rings is 1. The van der Waals surface area contributed by atoms with Gasteiger partial charge < -0.3 is 9.80 Å². The van der Waals surface area contributed by atoms with Crippen LogP contribution < -0.4 is 0 Å². The molecule has 2 fully saturated rings. The summed E-state index contributed by atoms with van der Waals surface area (Å²) < 4.78 is 0. The van der Waals surface area contributed by atoms with Crippen molar-refractivity contribution in [1.29, 1.82) is 0 Å². The predicted octanol–water partition coefficient (Wildman–Crippen LogP) is 2.36. The average Bonchev–Trinajstić information content (AvgIpc) is 3.22. The summed E-state index contributed by atoms with van der Waals surface area (Å²) in [4.78, 5) is 30.3. The van der Waals surface area contributed by atoms with Crippen LogP contribution in [0, 0.1) is 0 Å². The average molecular weight is 343 g/mol. The van der Waals surface area contributed by atoms with Crippen LogP contribution in [0.4, 0.5) is 0 Å². The summed E-state index contributed by atoms with van der Waals surface area (Å²) in [7, 11) is 3.56. The van der Waals surface area contributed by atoms with Gasteiger partial charge in [0.15, 0.2) is 0 Å². The van der Waals surface area contributed by atoms with Crippen molar-refractivity contribution in [2.75, 3.05) is 27.2 Å². The smallest absolute Gasteiger partial charge is 0.253 e. The van der Waals surface area contributed by atoms with Crippen LogP contribution in [0.1, 0.15) is 48.5 Å². The molecule has 2 heterocycles. The summed E-state index contributed by atoms with van der Waals surface area (Å²) in [5.41, 5.74) is 1.91. The van der Waals surface area contributed by atoms with Gasteiger partial charge in [-0.2, -0.15) is 0 Å². The maximum absolute atomic E-state index is 12.2. The van der Waals surface area contributed by atoms with E-state index in [4.69, 9.17) is 0 Å². The van der Waals surface area contributed by atoms with E-state index in [0.29, 0.717) is 12.1 Å². The molecule has 1 aromatic carbocycles. The van der Waals surface area contributed by atoms with Crippen LogP contribution in [0.3, 0.4) is 0 Å². The van der Waals surface area contributed by atoms with Gasteiger partial charge in [0.1, 0.15) is 0 Å². The quantitative estimate of drug-likeness (QED) is 0.843. The highest BCUT2D eigenvalue weighted by Crippen LogP contribution is 2.31. The highest BCUT2D eigenvalue weighted by atomic mass is 16.2. The van der Waals surface area contributed by atoms with Gasteiger partial charge in [0, 0.05) is 51.8 Å². The molecular weight excluding hydrogens is 314 g/mol. The third-order valence-electron chi connectivity index (χ3n) is 5.53. The lowest BCUT2D eigenvalue weighted by atomic mass is 10.0. The minimum atomic E-state index is 0.0402. The van der Waals surface area contributed by atoms with Crippen molar-refractivity contribution in [3.8, 4) is 0 Å². The molecule has 0 spiro atoms. The number of carbonyl (C=O) groups excluding carboxylic acids is 2. The van der Waals surface area contributed by atoms with E-state index >= 15 is 0 Å². The van der Waals surface area contributed by atoms with E-state index in [1.165, 1.54) is 12.0 Å². The molecule has 5 heteroatoms. The fraction of sp³-hybridized carbons (Fsp3) is 0.600. The summed E-state index contributed by atoms with van der Waals surface area (Å²) in [6.07, 6.45) is 4.56. The van der Waals surface area contributed by atoms with Gasteiger partial charge in [0.2, 0.25) is 5.91 Å². The van der Waals surface area contributed by atoms with Gasteiger partial charge in [0.05, 0.1) is 0 Å².